The van der Waals surface area contributed by atoms with Gasteiger partial charge in [-0.15, -0.1) is 0 Å². The van der Waals surface area contributed by atoms with Crippen LogP contribution in [0.1, 0.15) is 0 Å². The number of nitrogens with one attached hydrogen (secondary N) is 1. The lowest BCUT2D eigenvalue weighted by molar-refractivity contribution is 1.18. The van der Waals surface area contributed by atoms with Gasteiger partial charge in [0.05, 0.1) is 16.6 Å². The fourth-order valence-electron chi connectivity index (χ4n) is 6.49. The van der Waals surface area contributed by atoms with Crippen LogP contribution in [0.2, 0.25) is 0 Å². The monoisotopic (exact) mass is 535 g/mol. The van der Waals surface area contributed by atoms with Gasteiger partial charge in [-0.05, 0) is 76.2 Å². The molecule has 0 radical (unpaired) electrons. The van der Waals surface area contributed by atoms with Crippen LogP contribution in [0.4, 0.5) is 0 Å². The Balaban J connectivity index is 1.20. The molecular formula is C39H25N3. The van der Waals surface area contributed by atoms with Gasteiger partial charge in [-0.1, -0.05) is 97.1 Å². The number of H-pyrrole nitrogens is 1. The zero-order valence-corrected chi connectivity index (χ0v) is 22.8. The Hall–Kier alpha value is -5.67. The molecule has 0 bridgehead atoms. The highest BCUT2D eigenvalue weighted by molar-refractivity contribution is 6.10. The van der Waals surface area contributed by atoms with E-state index in [1.54, 1.807) is 0 Å². The fraction of sp³-hybridized carbons (Fsp3) is 0. The number of aromatic amines is 1. The van der Waals surface area contributed by atoms with Crippen LogP contribution in [0.15, 0.2) is 146 Å². The van der Waals surface area contributed by atoms with Crippen LogP contribution in [0, 0.1) is 0 Å². The standard InChI is InChI=1S/C39H25N3/c1-2-9-25(10-3-1)26-11-8-12-30(21-26)42-37-16-7-5-14-32(37)33-22-27(19-20-38(33)42)28-17-18-29-23-34-31-13-4-6-15-35(31)40-39(34)41-36(29)24-28/h1-24H,(H,40,41). The molecule has 9 rings (SSSR count). The molecule has 1 aromatic heterocycles. The lowest BCUT2D eigenvalue weighted by Crippen LogP contribution is -1.94. The van der Waals surface area contributed by atoms with E-state index in [1.165, 1.54) is 54.8 Å². The molecule has 0 saturated carbocycles. The predicted octanol–water partition coefficient (Wildman–Crippen LogP) is 10.3. The third kappa shape index (κ3) is 3.50. The molecule has 3 heteroatoms. The highest BCUT2D eigenvalue weighted by Gasteiger charge is 2.16. The molecule has 1 N–H and O–H groups in total. The molecule has 7 aromatic rings. The van der Waals surface area contributed by atoms with Gasteiger partial charge in [0.2, 0.25) is 0 Å². The first-order valence-corrected chi connectivity index (χ1v) is 14.3. The van der Waals surface area contributed by atoms with Crippen LogP contribution < -0.4 is 0 Å². The maximum Gasteiger partial charge on any atom is 0.139 e. The Kier molecular flexibility index (Phi) is 4.90. The summed E-state index contributed by atoms with van der Waals surface area (Å²) in [5, 5.41) is 4.86. The zero-order chi connectivity index (χ0) is 27.6. The minimum atomic E-state index is 0.928. The van der Waals surface area contributed by atoms with Gasteiger partial charge in [-0.3, -0.25) is 0 Å². The van der Waals surface area contributed by atoms with Gasteiger partial charge in [-0.25, -0.2) is 4.98 Å². The van der Waals surface area contributed by atoms with Crippen LogP contribution >= 0.6 is 0 Å². The van der Waals surface area contributed by atoms with Gasteiger partial charge >= 0.3 is 0 Å². The normalized spacial score (nSPS) is 11.8. The van der Waals surface area contributed by atoms with Gasteiger partial charge in [-0.2, -0.15) is 0 Å². The first-order valence-electron chi connectivity index (χ1n) is 14.3. The van der Waals surface area contributed by atoms with E-state index in [9.17, 15) is 0 Å². The summed E-state index contributed by atoms with van der Waals surface area (Å²) in [5.74, 6) is 0.928. The largest absolute Gasteiger partial charge is 0.339 e. The molecular weight excluding hydrogens is 510 g/mol. The smallest absolute Gasteiger partial charge is 0.139 e. The summed E-state index contributed by atoms with van der Waals surface area (Å²) >= 11 is 0. The van der Waals surface area contributed by atoms with Crippen LogP contribution in [0.25, 0.3) is 82.9 Å². The van der Waals surface area contributed by atoms with Crippen molar-refractivity contribution in [3.8, 4) is 39.3 Å². The quantitative estimate of drug-likeness (QED) is 0.240. The minimum Gasteiger partial charge on any atom is -0.339 e. The van der Waals surface area contributed by atoms with E-state index in [2.05, 4.69) is 149 Å². The average molecular weight is 536 g/mol. The number of hydrogen-bond donors (Lipinski definition) is 1. The highest BCUT2D eigenvalue weighted by Crippen LogP contribution is 2.37. The molecule has 0 amide bonds. The van der Waals surface area contributed by atoms with Crippen molar-refractivity contribution < 1.29 is 0 Å². The van der Waals surface area contributed by atoms with E-state index in [0.717, 1.165) is 28.1 Å². The number of rotatable bonds is 3. The molecule has 3 heterocycles. The molecule has 0 aliphatic carbocycles. The third-order valence-electron chi connectivity index (χ3n) is 8.51. The molecule has 2 aliphatic heterocycles. The van der Waals surface area contributed by atoms with Crippen LogP contribution in [0.3, 0.4) is 0 Å². The lowest BCUT2D eigenvalue weighted by atomic mass is 10.00. The molecule has 0 saturated heterocycles. The summed E-state index contributed by atoms with van der Waals surface area (Å²) in [7, 11) is 0. The third-order valence-corrected chi connectivity index (χ3v) is 8.51. The predicted molar refractivity (Wildman–Crippen MR) is 175 cm³/mol. The number of aromatic nitrogens is 3. The molecule has 0 fully saturated rings. The summed E-state index contributed by atoms with van der Waals surface area (Å²) < 4.78 is 2.39. The van der Waals surface area contributed by atoms with Gasteiger partial charge in [0.1, 0.15) is 5.82 Å². The van der Waals surface area contributed by atoms with E-state index in [4.69, 9.17) is 4.98 Å². The fourth-order valence-corrected chi connectivity index (χ4v) is 6.49. The second-order valence-electron chi connectivity index (χ2n) is 11.0. The Morgan fingerprint density at radius 1 is 0.476 bits per heavy atom. The van der Waals surface area contributed by atoms with Gasteiger partial charge < -0.3 is 9.55 Å². The maximum atomic E-state index is 4.84. The summed E-state index contributed by atoms with van der Waals surface area (Å²) in [5.41, 5.74) is 11.6. The van der Waals surface area contributed by atoms with Crippen molar-refractivity contribution in [2.24, 2.45) is 0 Å². The molecule has 196 valence electrons. The second kappa shape index (κ2) is 8.92. The van der Waals surface area contributed by atoms with Crippen LogP contribution in [0.5, 0.6) is 0 Å². The highest BCUT2D eigenvalue weighted by atomic mass is 15.0. The van der Waals surface area contributed by atoms with E-state index >= 15 is 0 Å². The Labute approximate surface area is 242 Å². The van der Waals surface area contributed by atoms with Crippen molar-refractivity contribution in [1.29, 1.82) is 0 Å². The summed E-state index contributed by atoms with van der Waals surface area (Å²) in [6.45, 7) is 0. The molecule has 0 atom stereocenters. The lowest BCUT2D eigenvalue weighted by Gasteiger charge is -2.11. The van der Waals surface area contributed by atoms with Crippen molar-refractivity contribution in [3.63, 3.8) is 0 Å². The molecule has 6 aromatic carbocycles. The zero-order valence-electron chi connectivity index (χ0n) is 22.8. The maximum absolute atomic E-state index is 4.84. The average Bonchev–Trinajstić information content (AvgIpc) is 3.58. The second-order valence-corrected chi connectivity index (χ2v) is 11.0. The van der Waals surface area contributed by atoms with Crippen molar-refractivity contribution in [2.45, 2.75) is 0 Å². The van der Waals surface area contributed by atoms with Crippen LogP contribution in [-0.4, -0.2) is 14.5 Å². The Morgan fingerprint density at radius 2 is 1.19 bits per heavy atom. The molecule has 0 spiro atoms. The number of nitrogens with zero attached hydrogens (tertiary/aromatic N) is 2. The van der Waals surface area contributed by atoms with E-state index in [1.807, 2.05) is 6.07 Å². The van der Waals surface area contributed by atoms with E-state index in [-0.39, 0.29) is 0 Å². The SMILES string of the molecule is c1ccc(-c2cccc(-n3c4ccccc4c4cc(-c5ccc6cc7c8ccccc8nc-7[nH]c6c5)ccc43)c2)cc1. The number of pyridine rings is 1. The molecule has 3 nitrogen and oxygen atoms in total. The number of para-hydroxylation sites is 2. The first kappa shape index (κ1) is 23.1. The van der Waals surface area contributed by atoms with Crippen molar-refractivity contribution in [2.75, 3.05) is 0 Å². The molecule has 0 unspecified atom stereocenters. The number of fused-ring (bicyclic) bond motifs is 7. The summed E-state index contributed by atoms with van der Waals surface area (Å²) in [6, 6.07) is 52.2. The van der Waals surface area contributed by atoms with Gasteiger partial charge in [0.15, 0.2) is 0 Å². The van der Waals surface area contributed by atoms with Crippen LogP contribution in [-0.2, 0) is 0 Å². The molecule has 42 heavy (non-hydrogen) atoms. The minimum absolute atomic E-state index is 0.928. The Morgan fingerprint density at radius 3 is 2.12 bits per heavy atom. The Bertz CT molecular complexity index is 2410. The number of hydrogen-bond acceptors (Lipinski definition) is 1. The van der Waals surface area contributed by atoms with Gasteiger partial charge in [0.25, 0.3) is 0 Å². The molecule has 2 aliphatic rings. The number of benzene rings is 6. The van der Waals surface area contributed by atoms with Crippen molar-refractivity contribution in [3.05, 3.63) is 146 Å². The van der Waals surface area contributed by atoms with Gasteiger partial charge in [0, 0.05) is 32.9 Å². The topological polar surface area (TPSA) is 33.6 Å². The summed E-state index contributed by atoms with van der Waals surface area (Å²) in [6.07, 6.45) is 0. The van der Waals surface area contributed by atoms with E-state index in [0.29, 0.717) is 0 Å². The van der Waals surface area contributed by atoms with E-state index < -0.39 is 0 Å². The van der Waals surface area contributed by atoms with Crippen molar-refractivity contribution in [1.82, 2.24) is 14.5 Å². The summed E-state index contributed by atoms with van der Waals surface area (Å²) in [4.78, 5) is 8.45. The first-order chi connectivity index (χ1) is 20.8. The van der Waals surface area contributed by atoms with Crippen molar-refractivity contribution >= 4 is 43.6 Å².